The number of pyridine rings is 2. The minimum Gasteiger partial charge on any atom is -0.354 e. The highest BCUT2D eigenvalue weighted by Crippen LogP contribution is 2.23. The number of fused-ring (bicyclic) bond motifs is 1. The molecule has 0 unspecified atom stereocenters. The van der Waals surface area contributed by atoms with Gasteiger partial charge in [-0.3, -0.25) is 9.59 Å². The summed E-state index contributed by atoms with van der Waals surface area (Å²) < 4.78 is 7.17. The Hall–Kier alpha value is -4.07. The highest BCUT2D eigenvalue weighted by atomic mass is 16.5. The van der Waals surface area contributed by atoms with Crippen molar-refractivity contribution in [2.24, 2.45) is 0 Å². The standard InChI is InChI=1S/C28H29N5O3/c1-18-7-6-10-21(15-18)26-31-28(36-32-26)23-16-33(27-22(25(23)35)12-11-19(2)30-27)17-24(34)29-14-13-20-8-4-3-5-9-20/h6-8,10-12,15-16H,3-5,9,13-14,17H2,1-2H3,(H,29,34). The third-order valence-electron chi connectivity index (χ3n) is 6.46. The van der Waals surface area contributed by atoms with Crippen molar-refractivity contribution in [2.75, 3.05) is 6.54 Å². The molecule has 1 N–H and O–H groups in total. The SMILES string of the molecule is Cc1cccc(-c2noc(-c3cn(CC(=O)NCCC4=CCCCC4)c4nc(C)ccc4c3=O)n2)c1. The number of carbonyl (C=O) groups excluding carboxylic acids is 1. The van der Waals surface area contributed by atoms with E-state index in [1.807, 2.05) is 38.1 Å². The molecule has 5 rings (SSSR count). The first kappa shape index (κ1) is 23.7. The maximum atomic E-state index is 13.3. The molecule has 0 radical (unpaired) electrons. The van der Waals surface area contributed by atoms with Crippen molar-refractivity contribution in [3.63, 3.8) is 0 Å². The number of amides is 1. The lowest BCUT2D eigenvalue weighted by Gasteiger charge is -2.14. The zero-order chi connectivity index (χ0) is 25.1. The molecule has 0 fully saturated rings. The molecule has 3 aromatic heterocycles. The fraction of sp³-hybridized carbons (Fsp3) is 0.321. The number of nitrogens with zero attached hydrogens (tertiary/aromatic N) is 4. The fourth-order valence-electron chi connectivity index (χ4n) is 4.57. The molecular formula is C28H29N5O3. The lowest BCUT2D eigenvalue weighted by Crippen LogP contribution is -2.29. The van der Waals surface area contributed by atoms with Gasteiger partial charge in [0.25, 0.3) is 5.89 Å². The molecule has 1 amide bonds. The summed E-state index contributed by atoms with van der Waals surface area (Å²) in [6.45, 7) is 4.45. The number of aryl methyl sites for hydroxylation is 2. The Kier molecular flexibility index (Phi) is 6.75. The molecule has 36 heavy (non-hydrogen) atoms. The van der Waals surface area contributed by atoms with Crippen LogP contribution in [0.1, 0.15) is 43.4 Å². The monoisotopic (exact) mass is 483 g/mol. The van der Waals surface area contributed by atoms with Crippen LogP contribution in [0.25, 0.3) is 33.9 Å². The second kappa shape index (κ2) is 10.3. The first-order valence-corrected chi connectivity index (χ1v) is 12.3. The predicted molar refractivity (Wildman–Crippen MR) is 138 cm³/mol. The Labute approximate surface area is 209 Å². The van der Waals surface area contributed by atoms with E-state index in [-0.39, 0.29) is 29.3 Å². The van der Waals surface area contributed by atoms with E-state index in [9.17, 15) is 9.59 Å². The average molecular weight is 484 g/mol. The zero-order valence-electron chi connectivity index (χ0n) is 20.6. The van der Waals surface area contributed by atoms with Gasteiger partial charge in [-0.25, -0.2) is 4.98 Å². The third kappa shape index (κ3) is 5.12. The van der Waals surface area contributed by atoms with Crippen molar-refractivity contribution in [3.8, 4) is 22.8 Å². The Balaban J connectivity index is 1.44. The van der Waals surface area contributed by atoms with Gasteiger partial charge in [0.2, 0.25) is 17.2 Å². The van der Waals surface area contributed by atoms with Crippen molar-refractivity contribution in [3.05, 3.63) is 75.7 Å². The summed E-state index contributed by atoms with van der Waals surface area (Å²) in [5, 5.41) is 7.48. The molecule has 0 bridgehead atoms. The summed E-state index contributed by atoms with van der Waals surface area (Å²) in [6, 6.07) is 11.3. The molecule has 0 saturated heterocycles. The Morgan fingerprint density at radius 1 is 1.14 bits per heavy atom. The van der Waals surface area contributed by atoms with E-state index in [2.05, 4.69) is 26.5 Å². The quantitative estimate of drug-likeness (QED) is 0.381. The van der Waals surface area contributed by atoms with Gasteiger partial charge in [-0.1, -0.05) is 40.6 Å². The number of hydrogen-bond donors (Lipinski definition) is 1. The van der Waals surface area contributed by atoms with Gasteiger partial charge in [0.1, 0.15) is 17.8 Å². The smallest absolute Gasteiger partial charge is 0.263 e. The van der Waals surface area contributed by atoms with E-state index in [0.29, 0.717) is 23.4 Å². The van der Waals surface area contributed by atoms with Crippen LogP contribution in [-0.2, 0) is 11.3 Å². The normalized spacial score (nSPS) is 13.6. The van der Waals surface area contributed by atoms with Crippen LogP contribution in [0.2, 0.25) is 0 Å². The van der Waals surface area contributed by atoms with E-state index in [0.717, 1.165) is 36.1 Å². The summed E-state index contributed by atoms with van der Waals surface area (Å²) in [5.74, 6) is 0.366. The summed E-state index contributed by atoms with van der Waals surface area (Å²) in [6.07, 6.45) is 9.45. The molecule has 1 aromatic carbocycles. The Bertz CT molecular complexity index is 1520. The molecular weight excluding hydrogens is 454 g/mol. The largest absolute Gasteiger partial charge is 0.354 e. The molecule has 4 aromatic rings. The van der Waals surface area contributed by atoms with Gasteiger partial charge < -0.3 is 14.4 Å². The van der Waals surface area contributed by atoms with E-state index in [4.69, 9.17) is 4.52 Å². The Morgan fingerprint density at radius 3 is 2.83 bits per heavy atom. The maximum Gasteiger partial charge on any atom is 0.263 e. The van der Waals surface area contributed by atoms with Crippen molar-refractivity contribution in [1.82, 2.24) is 25.0 Å². The van der Waals surface area contributed by atoms with Crippen molar-refractivity contribution in [1.29, 1.82) is 0 Å². The van der Waals surface area contributed by atoms with Crippen LogP contribution in [0.4, 0.5) is 0 Å². The van der Waals surface area contributed by atoms with Crippen LogP contribution >= 0.6 is 0 Å². The van der Waals surface area contributed by atoms with Crippen molar-refractivity contribution < 1.29 is 9.32 Å². The first-order valence-electron chi connectivity index (χ1n) is 12.3. The van der Waals surface area contributed by atoms with Crippen LogP contribution in [-0.4, -0.2) is 32.1 Å². The zero-order valence-corrected chi connectivity index (χ0v) is 20.6. The van der Waals surface area contributed by atoms with Gasteiger partial charge in [0.05, 0.1) is 5.39 Å². The van der Waals surface area contributed by atoms with Crippen LogP contribution < -0.4 is 10.7 Å². The summed E-state index contributed by atoms with van der Waals surface area (Å²) in [4.78, 5) is 35.2. The van der Waals surface area contributed by atoms with Gasteiger partial charge in [0.15, 0.2) is 0 Å². The minimum atomic E-state index is -0.266. The lowest BCUT2D eigenvalue weighted by atomic mass is 9.97. The number of hydrogen-bond acceptors (Lipinski definition) is 6. The van der Waals surface area contributed by atoms with E-state index in [1.165, 1.54) is 18.4 Å². The minimum absolute atomic E-state index is 0.0259. The third-order valence-corrected chi connectivity index (χ3v) is 6.46. The number of allylic oxidation sites excluding steroid dienone is 1. The van der Waals surface area contributed by atoms with Gasteiger partial charge >= 0.3 is 0 Å². The molecule has 0 saturated carbocycles. The second-order valence-corrected chi connectivity index (χ2v) is 9.32. The average Bonchev–Trinajstić information content (AvgIpc) is 3.36. The summed E-state index contributed by atoms with van der Waals surface area (Å²) in [7, 11) is 0. The molecule has 8 heteroatoms. The van der Waals surface area contributed by atoms with Crippen LogP contribution in [0.3, 0.4) is 0 Å². The van der Waals surface area contributed by atoms with Gasteiger partial charge in [-0.2, -0.15) is 4.98 Å². The van der Waals surface area contributed by atoms with Crippen molar-refractivity contribution in [2.45, 2.75) is 52.5 Å². The van der Waals surface area contributed by atoms with Crippen LogP contribution in [0.5, 0.6) is 0 Å². The molecule has 0 aliphatic heterocycles. The number of aromatic nitrogens is 4. The molecule has 1 aliphatic rings. The maximum absolute atomic E-state index is 13.3. The fourth-order valence-corrected chi connectivity index (χ4v) is 4.57. The van der Waals surface area contributed by atoms with Crippen LogP contribution in [0.15, 0.2) is 63.6 Å². The van der Waals surface area contributed by atoms with Gasteiger partial charge in [-0.15, -0.1) is 0 Å². The molecule has 8 nitrogen and oxygen atoms in total. The van der Waals surface area contributed by atoms with Crippen LogP contribution in [0, 0.1) is 13.8 Å². The molecule has 1 aliphatic carbocycles. The lowest BCUT2D eigenvalue weighted by molar-refractivity contribution is -0.121. The van der Waals surface area contributed by atoms with E-state index >= 15 is 0 Å². The predicted octanol–water partition coefficient (Wildman–Crippen LogP) is 4.74. The number of rotatable bonds is 7. The van der Waals surface area contributed by atoms with Crippen molar-refractivity contribution >= 4 is 16.9 Å². The molecule has 3 heterocycles. The second-order valence-electron chi connectivity index (χ2n) is 9.32. The number of nitrogens with one attached hydrogen (secondary N) is 1. The molecule has 0 atom stereocenters. The number of carbonyl (C=O) groups is 1. The topological polar surface area (TPSA) is 103 Å². The molecule has 0 spiro atoms. The first-order chi connectivity index (χ1) is 17.5. The highest BCUT2D eigenvalue weighted by molar-refractivity contribution is 5.83. The summed E-state index contributed by atoms with van der Waals surface area (Å²) in [5.41, 5.74) is 4.46. The number of benzene rings is 1. The molecule has 184 valence electrons. The van der Waals surface area contributed by atoms with Gasteiger partial charge in [-0.05, 0) is 64.2 Å². The summed E-state index contributed by atoms with van der Waals surface area (Å²) >= 11 is 0. The van der Waals surface area contributed by atoms with E-state index in [1.54, 1.807) is 22.9 Å². The van der Waals surface area contributed by atoms with E-state index < -0.39 is 0 Å². The van der Waals surface area contributed by atoms with Gasteiger partial charge in [0, 0.05) is 24.0 Å². The Morgan fingerprint density at radius 2 is 2.03 bits per heavy atom. The highest BCUT2D eigenvalue weighted by Gasteiger charge is 2.19.